The maximum Gasteiger partial charge on any atom is 0.325 e. The third-order valence-corrected chi connectivity index (χ3v) is 7.91. The Bertz CT molecular complexity index is 1020. The standard InChI is InChI=1S/C21H30N4O6S/c1-5-24(6-2)32(29,30)15-10-11-17(31-7-3)16(12-15)22-18(26)13-25-19(27)21(4,14-8-9-14)23-20(25)28/h10-12,14H,5-9,13H2,1-4H3,(H,22,26)(H,23,28). The summed E-state index contributed by atoms with van der Waals surface area (Å²) < 4.78 is 32.6. The lowest BCUT2D eigenvalue weighted by Gasteiger charge is -2.21. The maximum absolute atomic E-state index is 12.9. The van der Waals surface area contributed by atoms with E-state index < -0.39 is 40.0 Å². The highest BCUT2D eigenvalue weighted by atomic mass is 32.2. The molecule has 32 heavy (non-hydrogen) atoms. The summed E-state index contributed by atoms with van der Waals surface area (Å²) in [7, 11) is -3.75. The first-order valence-corrected chi connectivity index (χ1v) is 12.2. The molecular weight excluding hydrogens is 436 g/mol. The van der Waals surface area contributed by atoms with Crippen molar-refractivity contribution in [2.45, 2.75) is 51.0 Å². The van der Waals surface area contributed by atoms with Crippen molar-refractivity contribution < 1.29 is 27.5 Å². The number of nitrogens with zero attached hydrogens (tertiary/aromatic N) is 2. The third-order valence-electron chi connectivity index (χ3n) is 5.86. The van der Waals surface area contributed by atoms with Crippen molar-refractivity contribution >= 4 is 33.6 Å². The second kappa shape index (κ2) is 9.07. The molecule has 0 bridgehead atoms. The van der Waals surface area contributed by atoms with Crippen LogP contribution in [-0.2, 0) is 19.6 Å². The van der Waals surface area contributed by atoms with Gasteiger partial charge in [0.05, 0.1) is 17.2 Å². The molecule has 1 aromatic carbocycles. The number of sulfonamides is 1. The van der Waals surface area contributed by atoms with Crippen molar-refractivity contribution in [1.29, 1.82) is 0 Å². The maximum atomic E-state index is 12.9. The fraction of sp³-hybridized carbons (Fsp3) is 0.571. The first-order chi connectivity index (χ1) is 15.1. The van der Waals surface area contributed by atoms with Gasteiger partial charge >= 0.3 is 6.03 Å². The van der Waals surface area contributed by atoms with Crippen LogP contribution < -0.4 is 15.4 Å². The van der Waals surface area contributed by atoms with Crippen LogP contribution in [-0.4, -0.2) is 67.2 Å². The van der Waals surface area contributed by atoms with Gasteiger partial charge < -0.3 is 15.4 Å². The Morgan fingerprint density at radius 1 is 1.25 bits per heavy atom. The molecule has 1 heterocycles. The minimum atomic E-state index is -3.75. The van der Waals surface area contributed by atoms with Gasteiger partial charge in [0.15, 0.2) is 0 Å². The van der Waals surface area contributed by atoms with Gasteiger partial charge in [-0.3, -0.25) is 14.5 Å². The molecule has 1 aromatic rings. The van der Waals surface area contributed by atoms with Crippen LogP contribution in [0.25, 0.3) is 0 Å². The van der Waals surface area contributed by atoms with Crippen LogP contribution in [0.3, 0.4) is 0 Å². The Kier molecular flexibility index (Phi) is 6.80. The molecule has 176 valence electrons. The van der Waals surface area contributed by atoms with Crippen molar-refractivity contribution in [2.24, 2.45) is 5.92 Å². The SMILES string of the molecule is CCOc1ccc(S(=O)(=O)N(CC)CC)cc1NC(=O)CN1C(=O)NC(C)(C2CC2)C1=O. The van der Waals surface area contributed by atoms with Crippen molar-refractivity contribution in [3.63, 3.8) is 0 Å². The highest BCUT2D eigenvalue weighted by Crippen LogP contribution is 2.42. The van der Waals surface area contributed by atoms with Crippen LogP contribution in [0.2, 0.25) is 0 Å². The Balaban J connectivity index is 1.81. The molecular formula is C21H30N4O6S. The van der Waals surface area contributed by atoms with Crippen LogP contribution >= 0.6 is 0 Å². The minimum Gasteiger partial charge on any atom is -0.492 e. The van der Waals surface area contributed by atoms with E-state index >= 15 is 0 Å². The smallest absolute Gasteiger partial charge is 0.325 e. The number of amides is 4. The molecule has 0 spiro atoms. The third kappa shape index (κ3) is 4.44. The van der Waals surface area contributed by atoms with Gasteiger partial charge in [0, 0.05) is 13.1 Å². The number of nitrogens with one attached hydrogen (secondary N) is 2. The van der Waals surface area contributed by atoms with Crippen LogP contribution in [0.15, 0.2) is 23.1 Å². The Morgan fingerprint density at radius 2 is 1.91 bits per heavy atom. The first-order valence-electron chi connectivity index (χ1n) is 10.8. The number of anilines is 1. The number of rotatable bonds is 10. The predicted molar refractivity (Wildman–Crippen MR) is 118 cm³/mol. The van der Waals surface area contributed by atoms with E-state index in [0.717, 1.165) is 17.7 Å². The van der Waals surface area contributed by atoms with Crippen LogP contribution in [0, 0.1) is 5.92 Å². The molecule has 11 heteroatoms. The molecule has 3 rings (SSSR count). The highest BCUT2D eigenvalue weighted by Gasteiger charge is 2.56. The second-order valence-electron chi connectivity index (χ2n) is 8.03. The Labute approximate surface area is 188 Å². The van der Waals surface area contributed by atoms with Crippen LogP contribution in [0.1, 0.15) is 40.5 Å². The molecule has 1 saturated heterocycles. The van der Waals surface area contributed by atoms with Gasteiger partial charge in [-0.1, -0.05) is 13.8 Å². The normalized spacial score (nSPS) is 21.1. The summed E-state index contributed by atoms with van der Waals surface area (Å²) in [5.41, 5.74) is -0.826. The molecule has 2 aliphatic rings. The number of imide groups is 1. The topological polar surface area (TPSA) is 125 Å². The van der Waals surface area contributed by atoms with Crippen molar-refractivity contribution in [1.82, 2.24) is 14.5 Å². The summed E-state index contributed by atoms with van der Waals surface area (Å²) in [5, 5.41) is 5.30. The number of ether oxygens (including phenoxy) is 1. The van der Waals surface area contributed by atoms with E-state index in [1.165, 1.54) is 22.5 Å². The van der Waals surface area contributed by atoms with Gasteiger partial charge in [-0.05, 0) is 50.8 Å². The van der Waals surface area contributed by atoms with E-state index in [0.29, 0.717) is 25.4 Å². The summed E-state index contributed by atoms with van der Waals surface area (Å²) in [6, 6.07) is 3.62. The van der Waals surface area contributed by atoms with E-state index in [1.807, 2.05) is 0 Å². The number of benzene rings is 1. The molecule has 2 N–H and O–H groups in total. The number of hydrogen-bond acceptors (Lipinski definition) is 6. The number of hydrogen-bond donors (Lipinski definition) is 2. The molecule has 10 nitrogen and oxygen atoms in total. The quantitative estimate of drug-likeness (QED) is 0.507. The molecule has 4 amide bonds. The predicted octanol–water partition coefficient (Wildman–Crippen LogP) is 1.77. The molecule has 2 fully saturated rings. The molecule has 0 radical (unpaired) electrons. The van der Waals surface area contributed by atoms with Crippen LogP contribution in [0.4, 0.5) is 10.5 Å². The summed E-state index contributed by atoms with van der Waals surface area (Å²) in [6.07, 6.45) is 1.71. The van der Waals surface area contributed by atoms with E-state index in [4.69, 9.17) is 4.74 Å². The largest absolute Gasteiger partial charge is 0.492 e. The summed E-state index contributed by atoms with van der Waals surface area (Å²) in [6.45, 7) is 7.36. The van der Waals surface area contributed by atoms with Gasteiger partial charge in [-0.15, -0.1) is 0 Å². The Hall–Kier alpha value is -2.66. The zero-order valence-electron chi connectivity index (χ0n) is 18.8. The van der Waals surface area contributed by atoms with Crippen LogP contribution in [0.5, 0.6) is 5.75 Å². The first kappa shape index (κ1) is 24.0. The second-order valence-corrected chi connectivity index (χ2v) is 9.96. The van der Waals surface area contributed by atoms with Gasteiger partial charge in [0.2, 0.25) is 15.9 Å². The van der Waals surface area contributed by atoms with E-state index in [9.17, 15) is 22.8 Å². The zero-order chi connectivity index (χ0) is 23.7. The number of urea groups is 1. The van der Waals surface area contributed by atoms with Crippen molar-refractivity contribution in [3.8, 4) is 5.75 Å². The molecule has 1 atom stereocenters. The van der Waals surface area contributed by atoms with Gasteiger partial charge in [-0.25, -0.2) is 13.2 Å². The summed E-state index contributed by atoms with van der Waals surface area (Å²) >= 11 is 0. The van der Waals surface area contributed by atoms with Gasteiger partial charge in [0.1, 0.15) is 17.8 Å². The van der Waals surface area contributed by atoms with Gasteiger partial charge in [-0.2, -0.15) is 4.31 Å². The number of carbonyl (C=O) groups is 3. The molecule has 1 saturated carbocycles. The van der Waals surface area contributed by atoms with Gasteiger partial charge in [0.25, 0.3) is 5.91 Å². The average molecular weight is 467 g/mol. The average Bonchev–Trinajstić information content (AvgIpc) is 3.56. The molecule has 0 aromatic heterocycles. The fourth-order valence-corrected chi connectivity index (χ4v) is 5.38. The monoisotopic (exact) mass is 466 g/mol. The zero-order valence-corrected chi connectivity index (χ0v) is 19.6. The molecule has 1 aliphatic carbocycles. The Morgan fingerprint density at radius 3 is 2.47 bits per heavy atom. The van der Waals surface area contributed by atoms with E-state index in [-0.39, 0.29) is 16.5 Å². The summed E-state index contributed by atoms with van der Waals surface area (Å²) in [4.78, 5) is 38.7. The molecule has 1 aliphatic heterocycles. The van der Waals surface area contributed by atoms with Crippen molar-refractivity contribution in [2.75, 3.05) is 31.6 Å². The summed E-state index contributed by atoms with van der Waals surface area (Å²) in [5.74, 6) is -0.687. The number of carbonyl (C=O) groups excluding carboxylic acids is 3. The lowest BCUT2D eigenvalue weighted by atomic mass is 9.96. The lowest BCUT2D eigenvalue weighted by Crippen LogP contribution is -2.46. The minimum absolute atomic E-state index is 0.0104. The van der Waals surface area contributed by atoms with Crippen molar-refractivity contribution in [3.05, 3.63) is 18.2 Å². The lowest BCUT2D eigenvalue weighted by molar-refractivity contribution is -0.134. The van der Waals surface area contributed by atoms with E-state index in [1.54, 1.807) is 27.7 Å². The van der Waals surface area contributed by atoms with E-state index in [2.05, 4.69) is 10.6 Å². The molecule has 1 unspecified atom stereocenters. The fourth-order valence-electron chi connectivity index (χ4n) is 3.89. The highest BCUT2D eigenvalue weighted by molar-refractivity contribution is 7.89.